The van der Waals surface area contributed by atoms with Crippen LogP contribution in [-0.2, 0) is 0 Å². The summed E-state index contributed by atoms with van der Waals surface area (Å²) in [5.41, 5.74) is 1.20. The van der Waals surface area contributed by atoms with E-state index in [0.717, 1.165) is 5.69 Å². The second-order valence-corrected chi connectivity index (χ2v) is 4.17. The highest BCUT2D eigenvalue weighted by Gasteiger charge is 2.17. The average molecular weight is 257 g/mol. The lowest BCUT2D eigenvalue weighted by molar-refractivity contribution is 0.0754. The minimum atomic E-state index is -0.140. The Kier molecular flexibility index (Phi) is 5.38. The number of pyridine rings is 1. The highest BCUT2D eigenvalue weighted by atomic mass is 35.5. The number of hydrogen-bond acceptors (Lipinski definition) is 3. The van der Waals surface area contributed by atoms with Crippen LogP contribution in [0.15, 0.2) is 12.3 Å². The van der Waals surface area contributed by atoms with E-state index in [0.29, 0.717) is 30.1 Å². The summed E-state index contributed by atoms with van der Waals surface area (Å²) in [6.45, 7) is 4.90. The summed E-state index contributed by atoms with van der Waals surface area (Å²) >= 11 is 6.02. The van der Waals surface area contributed by atoms with Gasteiger partial charge in [0.05, 0.1) is 10.6 Å². The Bertz CT molecular complexity index is 396. The fourth-order valence-electron chi connectivity index (χ4n) is 1.52. The van der Waals surface area contributed by atoms with Crippen molar-refractivity contribution in [2.45, 2.75) is 20.3 Å². The fraction of sp³-hybridized carbons (Fsp3) is 0.500. The molecular formula is C12H17ClN2O2. The molecule has 0 aliphatic heterocycles. The van der Waals surface area contributed by atoms with Crippen LogP contribution in [-0.4, -0.2) is 40.6 Å². The molecule has 1 rings (SSSR count). The summed E-state index contributed by atoms with van der Waals surface area (Å²) in [5.74, 6) is -0.140. The van der Waals surface area contributed by atoms with Crippen molar-refractivity contribution >= 4 is 17.5 Å². The van der Waals surface area contributed by atoms with Gasteiger partial charge in [-0.25, -0.2) is 0 Å². The van der Waals surface area contributed by atoms with Crippen LogP contribution in [0.1, 0.15) is 29.4 Å². The van der Waals surface area contributed by atoms with Crippen molar-refractivity contribution in [3.8, 4) is 0 Å². The topological polar surface area (TPSA) is 53.4 Å². The lowest BCUT2D eigenvalue weighted by atomic mass is 10.2. The van der Waals surface area contributed by atoms with Gasteiger partial charge < -0.3 is 10.0 Å². The molecule has 17 heavy (non-hydrogen) atoms. The quantitative estimate of drug-likeness (QED) is 0.875. The third kappa shape index (κ3) is 3.68. The molecule has 0 aromatic carbocycles. The number of carbonyl (C=O) groups excluding carboxylic acids is 1. The molecule has 1 N–H and O–H groups in total. The molecule has 0 radical (unpaired) electrons. The molecule has 0 saturated carbocycles. The lowest BCUT2D eigenvalue weighted by Crippen LogP contribution is -2.32. The summed E-state index contributed by atoms with van der Waals surface area (Å²) in [4.78, 5) is 17.9. The van der Waals surface area contributed by atoms with Crippen LogP contribution in [0, 0.1) is 6.92 Å². The van der Waals surface area contributed by atoms with Crippen LogP contribution in [0.2, 0.25) is 5.02 Å². The van der Waals surface area contributed by atoms with E-state index in [9.17, 15) is 4.79 Å². The minimum absolute atomic E-state index is 0.0731. The zero-order chi connectivity index (χ0) is 12.8. The van der Waals surface area contributed by atoms with Gasteiger partial charge in [0.1, 0.15) is 0 Å². The van der Waals surface area contributed by atoms with E-state index in [1.54, 1.807) is 11.0 Å². The number of rotatable bonds is 5. The maximum absolute atomic E-state index is 12.1. The van der Waals surface area contributed by atoms with Crippen molar-refractivity contribution in [3.05, 3.63) is 28.5 Å². The molecule has 0 fully saturated rings. The molecule has 0 aliphatic rings. The van der Waals surface area contributed by atoms with Crippen molar-refractivity contribution in [2.24, 2.45) is 0 Å². The standard InChI is InChI=1S/C12H17ClN2O2/c1-3-15(5-4-6-16)12(17)10-8-14-9(2)7-11(10)13/h7-8,16H,3-6H2,1-2H3. The van der Waals surface area contributed by atoms with Gasteiger partial charge in [0, 0.05) is 31.6 Å². The number of aromatic nitrogens is 1. The Morgan fingerprint density at radius 1 is 1.59 bits per heavy atom. The molecule has 4 nitrogen and oxygen atoms in total. The van der Waals surface area contributed by atoms with Crippen molar-refractivity contribution < 1.29 is 9.90 Å². The number of hydrogen-bond donors (Lipinski definition) is 1. The summed E-state index contributed by atoms with van der Waals surface area (Å²) in [6.07, 6.45) is 2.07. The lowest BCUT2D eigenvalue weighted by Gasteiger charge is -2.20. The summed E-state index contributed by atoms with van der Waals surface area (Å²) in [7, 11) is 0. The van der Waals surface area contributed by atoms with Crippen LogP contribution in [0.5, 0.6) is 0 Å². The van der Waals surface area contributed by atoms with Crippen LogP contribution < -0.4 is 0 Å². The maximum atomic E-state index is 12.1. The second-order valence-electron chi connectivity index (χ2n) is 3.77. The van der Waals surface area contributed by atoms with E-state index < -0.39 is 0 Å². The molecule has 0 saturated heterocycles. The summed E-state index contributed by atoms with van der Waals surface area (Å²) in [6, 6.07) is 1.68. The van der Waals surface area contributed by atoms with Crippen LogP contribution in [0.4, 0.5) is 0 Å². The van der Waals surface area contributed by atoms with Gasteiger partial charge in [0.2, 0.25) is 0 Å². The van der Waals surface area contributed by atoms with Gasteiger partial charge in [0.25, 0.3) is 5.91 Å². The largest absolute Gasteiger partial charge is 0.396 e. The predicted octanol–water partition coefficient (Wildman–Crippen LogP) is 1.89. The first kappa shape index (κ1) is 13.9. The Labute approximate surface area is 106 Å². The number of halogens is 1. The Balaban J connectivity index is 2.86. The Morgan fingerprint density at radius 2 is 2.29 bits per heavy atom. The first-order valence-corrected chi connectivity index (χ1v) is 6.00. The summed E-state index contributed by atoms with van der Waals surface area (Å²) in [5, 5.41) is 9.20. The average Bonchev–Trinajstić information content (AvgIpc) is 2.29. The second kappa shape index (κ2) is 6.57. The number of aliphatic hydroxyl groups excluding tert-OH is 1. The normalized spacial score (nSPS) is 10.4. The Hall–Kier alpha value is -1.13. The zero-order valence-corrected chi connectivity index (χ0v) is 10.9. The molecular weight excluding hydrogens is 240 g/mol. The van der Waals surface area contributed by atoms with Crippen molar-refractivity contribution in [3.63, 3.8) is 0 Å². The maximum Gasteiger partial charge on any atom is 0.256 e. The predicted molar refractivity (Wildman–Crippen MR) is 67.3 cm³/mol. The van der Waals surface area contributed by atoms with Gasteiger partial charge in [0.15, 0.2) is 0 Å². The molecule has 1 aromatic rings. The minimum Gasteiger partial charge on any atom is -0.396 e. The molecule has 0 unspecified atom stereocenters. The van der Waals surface area contributed by atoms with E-state index in [-0.39, 0.29) is 12.5 Å². The highest BCUT2D eigenvalue weighted by molar-refractivity contribution is 6.33. The van der Waals surface area contributed by atoms with E-state index >= 15 is 0 Å². The van der Waals surface area contributed by atoms with Gasteiger partial charge in [-0.05, 0) is 26.3 Å². The smallest absolute Gasteiger partial charge is 0.256 e. The molecule has 1 amide bonds. The van der Waals surface area contributed by atoms with Crippen LogP contribution >= 0.6 is 11.6 Å². The van der Waals surface area contributed by atoms with Gasteiger partial charge in [-0.1, -0.05) is 11.6 Å². The zero-order valence-electron chi connectivity index (χ0n) is 10.1. The van der Waals surface area contributed by atoms with Gasteiger partial charge in [-0.3, -0.25) is 9.78 Å². The van der Waals surface area contributed by atoms with Gasteiger partial charge in [-0.15, -0.1) is 0 Å². The van der Waals surface area contributed by atoms with Crippen LogP contribution in [0.25, 0.3) is 0 Å². The van der Waals surface area contributed by atoms with E-state index in [4.69, 9.17) is 16.7 Å². The van der Waals surface area contributed by atoms with Gasteiger partial charge in [-0.2, -0.15) is 0 Å². The highest BCUT2D eigenvalue weighted by Crippen LogP contribution is 2.17. The molecule has 0 spiro atoms. The molecule has 0 bridgehead atoms. The van der Waals surface area contributed by atoms with Crippen molar-refractivity contribution in [1.82, 2.24) is 9.88 Å². The first-order chi connectivity index (χ1) is 8.10. The molecule has 94 valence electrons. The molecule has 5 heteroatoms. The molecule has 0 aliphatic carbocycles. The fourth-order valence-corrected chi connectivity index (χ4v) is 1.81. The van der Waals surface area contributed by atoms with Crippen LogP contribution in [0.3, 0.4) is 0 Å². The van der Waals surface area contributed by atoms with E-state index in [1.165, 1.54) is 6.20 Å². The van der Waals surface area contributed by atoms with Crippen molar-refractivity contribution in [2.75, 3.05) is 19.7 Å². The monoisotopic (exact) mass is 256 g/mol. The number of nitrogens with zero attached hydrogens (tertiary/aromatic N) is 2. The Morgan fingerprint density at radius 3 is 2.82 bits per heavy atom. The van der Waals surface area contributed by atoms with E-state index in [1.807, 2.05) is 13.8 Å². The number of aryl methyl sites for hydroxylation is 1. The molecule has 1 heterocycles. The SMILES string of the molecule is CCN(CCCO)C(=O)c1cnc(C)cc1Cl. The number of amides is 1. The number of carbonyl (C=O) groups is 1. The third-order valence-corrected chi connectivity index (χ3v) is 2.79. The third-order valence-electron chi connectivity index (χ3n) is 2.48. The number of aliphatic hydroxyl groups is 1. The van der Waals surface area contributed by atoms with Gasteiger partial charge >= 0.3 is 0 Å². The summed E-state index contributed by atoms with van der Waals surface area (Å²) < 4.78 is 0. The first-order valence-electron chi connectivity index (χ1n) is 5.62. The molecule has 0 atom stereocenters. The molecule has 1 aromatic heterocycles. The van der Waals surface area contributed by atoms with Crippen molar-refractivity contribution in [1.29, 1.82) is 0 Å². The van der Waals surface area contributed by atoms with E-state index in [2.05, 4.69) is 4.98 Å².